The fourth-order valence-corrected chi connectivity index (χ4v) is 2.74. The Labute approximate surface area is 112 Å². The van der Waals surface area contributed by atoms with Gasteiger partial charge < -0.3 is 10.1 Å². The van der Waals surface area contributed by atoms with Crippen LogP contribution in [-0.4, -0.2) is 49.3 Å². The van der Waals surface area contributed by atoms with Gasteiger partial charge >= 0.3 is 0 Å². The molecule has 1 saturated heterocycles. The van der Waals surface area contributed by atoms with Crippen LogP contribution in [0.3, 0.4) is 0 Å². The molecule has 2 fully saturated rings. The highest BCUT2D eigenvalue weighted by Gasteiger charge is 2.33. The molecule has 2 aliphatic rings. The Morgan fingerprint density at radius 2 is 2.11 bits per heavy atom. The fourth-order valence-electron chi connectivity index (χ4n) is 2.74. The molecule has 3 nitrogen and oxygen atoms in total. The van der Waals surface area contributed by atoms with Crippen molar-refractivity contribution in [3.8, 4) is 0 Å². The smallest absolute Gasteiger partial charge is 0.0593 e. The third kappa shape index (κ3) is 3.94. The monoisotopic (exact) mass is 254 g/mol. The molecule has 106 valence electrons. The Kier molecular flexibility index (Phi) is 5.05. The quantitative estimate of drug-likeness (QED) is 0.705. The van der Waals surface area contributed by atoms with E-state index in [-0.39, 0.29) is 0 Å². The summed E-state index contributed by atoms with van der Waals surface area (Å²) in [6.07, 6.45) is 5.20. The Bertz CT molecular complexity index is 255. The molecule has 0 amide bonds. The predicted octanol–water partition coefficient (Wildman–Crippen LogP) is 2.27. The lowest BCUT2D eigenvalue weighted by atomic mass is 9.93. The van der Waals surface area contributed by atoms with Crippen molar-refractivity contribution < 1.29 is 4.74 Å². The molecule has 2 rings (SSSR count). The summed E-state index contributed by atoms with van der Waals surface area (Å²) in [7, 11) is 0. The van der Waals surface area contributed by atoms with Crippen molar-refractivity contribution >= 4 is 0 Å². The molecule has 3 heteroatoms. The van der Waals surface area contributed by atoms with Crippen LogP contribution in [0.4, 0.5) is 0 Å². The van der Waals surface area contributed by atoms with E-state index in [0.29, 0.717) is 11.6 Å². The minimum absolute atomic E-state index is 0.294. The van der Waals surface area contributed by atoms with Crippen molar-refractivity contribution in [1.82, 2.24) is 10.2 Å². The second kappa shape index (κ2) is 6.36. The molecule has 1 heterocycles. The van der Waals surface area contributed by atoms with Crippen LogP contribution in [0.2, 0.25) is 0 Å². The molecule has 0 bridgehead atoms. The fraction of sp³-hybridized carbons (Fsp3) is 1.00. The minimum atomic E-state index is 0.294. The van der Waals surface area contributed by atoms with Gasteiger partial charge in [-0.15, -0.1) is 0 Å². The first-order valence-electron chi connectivity index (χ1n) is 7.73. The number of nitrogens with one attached hydrogen (secondary N) is 1. The van der Waals surface area contributed by atoms with Crippen molar-refractivity contribution in [3.05, 3.63) is 0 Å². The summed E-state index contributed by atoms with van der Waals surface area (Å²) in [5.74, 6) is 0.885. The van der Waals surface area contributed by atoms with Gasteiger partial charge in [-0.1, -0.05) is 13.8 Å². The average molecular weight is 254 g/mol. The Morgan fingerprint density at radius 3 is 2.72 bits per heavy atom. The van der Waals surface area contributed by atoms with Gasteiger partial charge in [-0.05, 0) is 38.5 Å². The van der Waals surface area contributed by atoms with Gasteiger partial charge in [0.25, 0.3) is 0 Å². The summed E-state index contributed by atoms with van der Waals surface area (Å²) in [5, 5.41) is 3.71. The summed E-state index contributed by atoms with van der Waals surface area (Å²) >= 11 is 0. The maximum absolute atomic E-state index is 5.79. The van der Waals surface area contributed by atoms with Crippen LogP contribution in [0.5, 0.6) is 0 Å². The molecule has 0 aromatic carbocycles. The number of nitrogens with zero attached hydrogens (tertiary/aromatic N) is 1. The zero-order valence-corrected chi connectivity index (χ0v) is 12.4. The lowest BCUT2D eigenvalue weighted by molar-refractivity contribution is 0.0398. The summed E-state index contributed by atoms with van der Waals surface area (Å²) < 4.78 is 5.79. The molecule has 0 spiro atoms. The number of ether oxygens (including phenoxy) is 1. The Balaban J connectivity index is 1.74. The van der Waals surface area contributed by atoms with E-state index >= 15 is 0 Å². The summed E-state index contributed by atoms with van der Waals surface area (Å²) in [6, 6.07) is 0.689. The molecule has 0 aromatic heterocycles. The molecule has 1 N–H and O–H groups in total. The molecule has 0 radical (unpaired) electrons. The molecule has 2 atom stereocenters. The van der Waals surface area contributed by atoms with E-state index in [1.807, 2.05) is 0 Å². The lowest BCUT2D eigenvalue weighted by Crippen LogP contribution is -2.62. The van der Waals surface area contributed by atoms with E-state index in [9.17, 15) is 0 Å². The SMILES string of the molecule is CCC1CNC(C)(CC)CN1CCOCC1CC1. The molecule has 1 aliphatic carbocycles. The lowest BCUT2D eigenvalue weighted by Gasteiger charge is -2.46. The number of rotatable bonds is 7. The van der Waals surface area contributed by atoms with E-state index in [1.165, 1.54) is 25.7 Å². The van der Waals surface area contributed by atoms with Crippen LogP contribution in [0.25, 0.3) is 0 Å². The number of piperazine rings is 1. The van der Waals surface area contributed by atoms with Gasteiger partial charge in [-0.2, -0.15) is 0 Å². The van der Waals surface area contributed by atoms with E-state index in [4.69, 9.17) is 4.74 Å². The second-order valence-electron chi connectivity index (χ2n) is 6.35. The topological polar surface area (TPSA) is 24.5 Å². The van der Waals surface area contributed by atoms with Gasteiger partial charge in [0.2, 0.25) is 0 Å². The molecule has 0 aromatic rings. The van der Waals surface area contributed by atoms with Crippen molar-refractivity contribution in [1.29, 1.82) is 0 Å². The predicted molar refractivity (Wildman–Crippen MR) is 75.9 cm³/mol. The second-order valence-corrected chi connectivity index (χ2v) is 6.35. The van der Waals surface area contributed by atoms with Gasteiger partial charge in [0.15, 0.2) is 0 Å². The van der Waals surface area contributed by atoms with Crippen molar-refractivity contribution in [3.63, 3.8) is 0 Å². The van der Waals surface area contributed by atoms with Gasteiger partial charge in [0, 0.05) is 37.8 Å². The highest BCUT2D eigenvalue weighted by atomic mass is 16.5. The summed E-state index contributed by atoms with van der Waals surface area (Å²) in [4.78, 5) is 2.63. The normalized spacial score (nSPS) is 33.8. The van der Waals surface area contributed by atoms with Crippen molar-refractivity contribution in [2.24, 2.45) is 5.92 Å². The highest BCUT2D eigenvalue weighted by molar-refractivity contribution is 4.93. The standard InChI is InChI=1S/C15H30N2O/c1-4-14-10-16-15(3,5-2)12-17(14)8-9-18-11-13-6-7-13/h13-14,16H,4-12H2,1-3H3. The van der Waals surface area contributed by atoms with Crippen LogP contribution in [0.1, 0.15) is 46.5 Å². The zero-order valence-electron chi connectivity index (χ0n) is 12.4. The first-order valence-corrected chi connectivity index (χ1v) is 7.73. The maximum atomic E-state index is 5.79. The molecular formula is C15H30N2O. The molecule has 2 unspecified atom stereocenters. The zero-order chi connectivity index (χ0) is 13.0. The van der Waals surface area contributed by atoms with E-state index in [2.05, 4.69) is 31.0 Å². The van der Waals surface area contributed by atoms with Crippen LogP contribution in [0.15, 0.2) is 0 Å². The van der Waals surface area contributed by atoms with Gasteiger partial charge in [-0.25, -0.2) is 0 Å². The van der Waals surface area contributed by atoms with Crippen LogP contribution in [-0.2, 0) is 4.74 Å². The van der Waals surface area contributed by atoms with Crippen LogP contribution in [0, 0.1) is 5.92 Å². The van der Waals surface area contributed by atoms with Crippen LogP contribution < -0.4 is 5.32 Å². The van der Waals surface area contributed by atoms with Crippen LogP contribution >= 0.6 is 0 Å². The van der Waals surface area contributed by atoms with E-state index in [1.54, 1.807) is 0 Å². The van der Waals surface area contributed by atoms with Gasteiger partial charge in [0.05, 0.1) is 6.61 Å². The molecule has 18 heavy (non-hydrogen) atoms. The first-order chi connectivity index (χ1) is 8.67. The van der Waals surface area contributed by atoms with E-state index in [0.717, 1.165) is 38.8 Å². The largest absolute Gasteiger partial charge is 0.380 e. The first kappa shape index (κ1) is 14.3. The Hall–Kier alpha value is -0.120. The molecule has 1 aliphatic heterocycles. The number of hydrogen-bond donors (Lipinski definition) is 1. The van der Waals surface area contributed by atoms with E-state index < -0.39 is 0 Å². The average Bonchev–Trinajstić information content (AvgIpc) is 3.19. The van der Waals surface area contributed by atoms with Crippen molar-refractivity contribution in [2.75, 3.05) is 32.8 Å². The summed E-state index contributed by atoms with van der Waals surface area (Å²) in [5.41, 5.74) is 0.294. The van der Waals surface area contributed by atoms with Gasteiger partial charge in [0.1, 0.15) is 0 Å². The maximum Gasteiger partial charge on any atom is 0.0593 e. The highest BCUT2D eigenvalue weighted by Crippen LogP contribution is 2.28. The Morgan fingerprint density at radius 1 is 1.33 bits per heavy atom. The van der Waals surface area contributed by atoms with Gasteiger partial charge in [-0.3, -0.25) is 4.90 Å². The van der Waals surface area contributed by atoms with Crippen molar-refractivity contribution in [2.45, 2.75) is 58.0 Å². The number of hydrogen-bond acceptors (Lipinski definition) is 3. The minimum Gasteiger partial charge on any atom is -0.380 e. The third-order valence-corrected chi connectivity index (χ3v) is 4.66. The molecular weight excluding hydrogens is 224 g/mol. The third-order valence-electron chi connectivity index (χ3n) is 4.66. The summed E-state index contributed by atoms with van der Waals surface area (Å²) in [6.45, 7) is 12.2. The molecule has 1 saturated carbocycles.